The van der Waals surface area contributed by atoms with Crippen LogP contribution in [0.5, 0.6) is 0 Å². The minimum atomic E-state index is -0.0232. The molecule has 0 aliphatic rings. The van der Waals surface area contributed by atoms with E-state index in [9.17, 15) is 4.79 Å². The summed E-state index contributed by atoms with van der Waals surface area (Å²) < 4.78 is 0.987. The van der Waals surface area contributed by atoms with Crippen LogP contribution in [0, 0.1) is 0 Å². The summed E-state index contributed by atoms with van der Waals surface area (Å²) in [7, 11) is 0. The number of thioether (sulfide) groups is 1. The zero-order chi connectivity index (χ0) is 20.1. The number of aromatic nitrogens is 1. The molecule has 0 saturated carbocycles. The molecule has 148 valence electrons. The first-order chi connectivity index (χ1) is 13.5. The van der Waals surface area contributed by atoms with Crippen LogP contribution in [-0.4, -0.2) is 48.2 Å². The fourth-order valence-electron chi connectivity index (χ4n) is 2.96. The average Bonchev–Trinajstić information content (AvgIpc) is 3.13. The molecule has 1 heterocycles. The van der Waals surface area contributed by atoms with Crippen LogP contribution < -0.4 is 4.90 Å². The van der Waals surface area contributed by atoms with Gasteiger partial charge in [0.2, 0.25) is 0 Å². The second-order valence-corrected chi connectivity index (χ2v) is 8.65. The van der Waals surface area contributed by atoms with E-state index in [0.717, 1.165) is 34.7 Å². The smallest absolute Gasteiger partial charge is 0.260 e. The SMILES string of the molecule is CCN(CC)CCN(C(=O)c1ccc(SC)cc1)c1nc2ccc(Cl)cc2s1. The van der Waals surface area contributed by atoms with Crippen molar-refractivity contribution in [3.05, 3.63) is 53.1 Å². The summed E-state index contributed by atoms with van der Waals surface area (Å²) in [5, 5.41) is 1.39. The number of fused-ring (bicyclic) bond motifs is 1. The Morgan fingerprint density at radius 1 is 1.11 bits per heavy atom. The van der Waals surface area contributed by atoms with Crippen molar-refractivity contribution in [3.63, 3.8) is 0 Å². The zero-order valence-corrected chi connectivity index (χ0v) is 18.7. The van der Waals surface area contributed by atoms with Crippen molar-refractivity contribution in [1.29, 1.82) is 0 Å². The predicted octanol–water partition coefficient (Wildman–Crippen LogP) is 5.66. The van der Waals surface area contributed by atoms with E-state index in [1.54, 1.807) is 16.7 Å². The van der Waals surface area contributed by atoms with Gasteiger partial charge < -0.3 is 4.90 Å². The van der Waals surface area contributed by atoms with Gasteiger partial charge in [0.1, 0.15) is 0 Å². The van der Waals surface area contributed by atoms with Gasteiger partial charge in [0.05, 0.1) is 10.2 Å². The molecule has 0 unspecified atom stereocenters. The third kappa shape index (κ3) is 4.87. The first-order valence-electron chi connectivity index (χ1n) is 9.30. The lowest BCUT2D eigenvalue weighted by atomic mass is 10.2. The Morgan fingerprint density at radius 2 is 1.82 bits per heavy atom. The van der Waals surface area contributed by atoms with Crippen molar-refractivity contribution in [2.75, 3.05) is 37.3 Å². The summed E-state index contributed by atoms with van der Waals surface area (Å²) in [6.07, 6.45) is 2.03. The monoisotopic (exact) mass is 433 g/mol. The van der Waals surface area contributed by atoms with Gasteiger partial charge in [0.25, 0.3) is 5.91 Å². The van der Waals surface area contributed by atoms with Gasteiger partial charge in [0.15, 0.2) is 5.13 Å². The molecule has 3 rings (SSSR count). The highest BCUT2D eigenvalue weighted by Gasteiger charge is 2.22. The molecule has 0 aliphatic heterocycles. The largest absolute Gasteiger partial charge is 0.302 e. The van der Waals surface area contributed by atoms with Gasteiger partial charge in [0, 0.05) is 28.6 Å². The molecule has 2 aromatic carbocycles. The van der Waals surface area contributed by atoms with E-state index in [-0.39, 0.29) is 5.91 Å². The number of halogens is 1. The van der Waals surface area contributed by atoms with Crippen LogP contribution in [0.25, 0.3) is 10.2 Å². The number of rotatable bonds is 8. The van der Waals surface area contributed by atoms with E-state index >= 15 is 0 Å². The van der Waals surface area contributed by atoms with Crippen molar-refractivity contribution in [3.8, 4) is 0 Å². The second kappa shape index (κ2) is 9.74. The maximum atomic E-state index is 13.3. The molecule has 7 heteroatoms. The Kier molecular flexibility index (Phi) is 7.35. The molecule has 0 atom stereocenters. The van der Waals surface area contributed by atoms with Crippen LogP contribution in [0.3, 0.4) is 0 Å². The molecule has 0 fully saturated rings. The highest BCUT2D eigenvalue weighted by atomic mass is 35.5. The molecule has 0 saturated heterocycles. The van der Waals surface area contributed by atoms with Crippen LogP contribution in [0.15, 0.2) is 47.4 Å². The van der Waals surface area contributed by atoms with Crippen molar-refractivity contribution >= 4 is 56.0 Å². The number of carbonyl (C=O) groups excluding carboxylic acids is 1. The van der Waals surface area contributed by atoms with Crippen LogP contribution in [0.1, 0.15) is 24.2 Å². The highest BCUT2D eigenvalue weighted by Crippen LogP contribution is 2.31. The van der Waals surface area contributed by atoms with Crippen LogP contribution in [-0.2, 0) is 0 Å². The van der Waals surface area contributed by atoms with E-state index in [1.807, 2.05) is 48.7 Å². The number of anilines is 1. The standard InChI is InChI=1S/C21H24ClN3OS2/c1-4-24(5-2)12-13-25(20(26)15-6-9-17(27-3)10-7-15)21-23-18-11-8-16(22)14-19(18)28-21/h6-11,14H,4-5,12-13H2,1-3H3. The lowest BCUT2D eigenvalue weighted by Gasteiger charge is -2.24. The fraction of sp³-hybridized carbons (Fsp3) is 0.333. The molecule has 0 bridgehead atoms. The molecule has 0 N–H and O–H groups in total. The van der Waals surface area contributed by atoms with E-state index in [0.29, 0.717) is 22.3 Å². The molecule has 0 aliphatic carbocycles. The van der Waals surface area contributed by atoms with Crippen molar-refractivity contribution in [2.45, 2.75) is 18.7 Å². The predicted molar refractivity (Wildman–Crippen MR) is 122 cm³/mol. The summed E-state index contributed by atoms with van der Waals surface area (Å²) >= 11 is 9.29. The van der Waals surface area contributed by atoms with E-state index < -0.39 is 0 Å². The third-order valence-corrected chi connectivity index (χ3v) is 6.71. The quantitative estimate of drug-likeness (QED) is 0.429. The summed E-state index contributed by atoms with van der Waals surface area (Å²) in [6, 6.07) is 13.4. The maximum Gasteiger partial charge on any atom is 0.260 e. The van der Waals surface area contributed by atoms with Crippen molar-refractivity contribution in [2.24, 2.45) is 0 Å². The minimum absolute atomic E-state index is 0.0232. The Bertz CT molecular complexity index is 938. The van der Waals surface area contributed by atoms with Crippen molar-refractivity contribution in [1.82, 2.24) is 9.88 Å². The van der Waals surface area contributed by atoms with Gasteiger partial charge >= 0.3 is 0 Å². The number of thiazole rings is 1. The fourth-order valence-corrected chi connectivity index (χ4v) is 4.63. The molecule has 1 aromatic heterocycles. The van der Waals surface area contributed by atoms with Gasteiger partial charge in [-0.3, -0.25) is 9.69 Å². The Balaban J connectivity index is 1.93. The number of hydrogen-bond acceptors (Lipinski definition) is 5. The maximum absolute atomic E-state index is 13.3. The average molecular weight is 434 g/mol. The second-order valence-electron chi connectivity index (χ2n) is 6.32. The topological polar surface area (TPSA) is 36.4 Å². The van der Waals surface area contributed by atoms with E-state index in [2.05, 4.69) is 18.7 Å². The van der Waals surface area contributed by atoms with Crippen molar-refractivity contribution < 1.29 is 4.79 Å². The summed E-state index contributed by atoms with van der Waals surface area (Å²) in [5.74, 6) is -0.0232. The first-order valence-corrected chi connectivity index (χ1v) is 11.7. The van der Waals surface area contributed by atoms with E-state index in [1.165, 1.54) is 11.3 Å². The molecule has 28 heavy (non-hydrogen) atoms. The van der Waals surface area contributed by atoms with Crippen LogP contribution in [0.4, 0.5) is 5.13 Å². The summed E-state index contributed by atoms with van der Waals surface area (Å²) in [6.45, 7) is 7.58. The number of benzene rings is 2. The normalized spacial score (nSPS) is 11.3. The van der Waals surface area contributed by atoms with Gasteiger partial charge in [-0.15, -0.1) is 11.8 Å². The zero-order valence-electron chi connectivity index (χ0n) is 16.3. The minimum Gasteiger partial charge on any atom is -0.302 e. The Hall–Kier alpha value is -1.60. The Morgan fingerprint density at radius 3 is 2.46 bits per heavy atom. The van der Waals surface area contributed by atoms with Gasteiger partial charge in [-0.1, -0.05) is 36.8 Å². The van der Waals surface area contributed by atoms with Crippen LogP contribution >= 0.6 is 34.7 Å². The lowest BCUT2D eigenvalue weighted by Crippen LogP contribution is -2.38. The highest BCUT2D eigenvalue weighted by molar-refractivity contribution is 7.98. The third-order valence-electron chi connectivity index (χ3n) is 4.69. The number of likely N-dealkylation sites (N-methyl/N-ethyl adjacent to an activating group) is 1. The molecular weight excluding hydrogens is 410 g/mol. The molecular formula is C21H24ClN3OS2. The number of nitrogens with zero attached hydrogens (tertiary/aromatic N) is 3. The van der Waals surface area contributed by atoms with Crippen LogP contribution in [0.2, 0.25) is 5.02 Å². The van der Waals surface area contributed by atoms with Gasteiger partial charge in [-0.05, 0) is 61.8 Å². The molecule has 0 spiro atoms. The Labute approximate surface area is 179 Å². The molecule has 3 aromatic rings. The summed E-state index contributed by atoms with van der Waals surface area (Å²) in [4.78, 5) is 23.3. The number of carbonyl (C=O) groups is 1. The number of hydrogen-bond donors (Lipinski definition) is 0. The van der Waals surface area contributed by atoms with E-state index in [4.69, 9.17) is 16.6 Å². The lowest BCUT2D eigenvalue weighted by molar-refractivity contribution is 0.0983. The molecule has 0 radical (unpaired) electrons. The van der Waals surface area contributed by atoms with Gasteiger partial charge in [-0.2, -0.15) is 0 Å². The molecule has 1 amide bonds. The van der Waals surface area contributed by atoms with Gasteiger partial charge in [-0.25, -0.2) is 4.98 Å². The first kappa shape index (κ1) is 21.1. The summed E-state index contributed by atoms with van der Waals surface area (Å²) in [5.41, 5.74) is 1.54. The number of amides is 1. The molecule has 4 nitrogen and oxygen atoms in total.